The molecule has 4 heteroatoms. The van der Waals surface area contributed by atoms with E-state index in [-0.39, 0.29) is 6.42 Å². The van der Waals surface area contributed by atoms with Crippen LogP contribution < -0.4 is 0 Å². The van der Waals surface area contributed by atoms with Crippen LogP contribution in [0.5, 0.6) is 0 Å². The van der Waals surface area contributed by atoms with Crippen molar-refractivity contribution in [3.05, 3.63) is 0 Å². The monoisotopic (exact) mass is 342 g/mol. The molecule has 0 aromatic rings. The minimum Gasteiger partial charge on any atom is -0.481 e. The number of unbranched alkanes of at least 4 members (excludes halogenated alkanes) is 9. The molecule has 0 saturated carbocycles. The topological polar surface area (TPSA) is 63.6 Å². The fourth-order valence-electron chi connectivity index (χ4n) is 2.97. The Labute approximate surface area is 148 Å². The van der Waals surface area contributed by atoms with Crippen molar-refractivity contribution in [1.82, 2.24) is 0 Å². The van der Waals surface area contributed by atoms with Crippen LogP contribution in [0.1, 0.15) is 104 Å². The van der Waals surface area contributed by atoms with Crippen LogP contribution in [0.3, 0.4) is 0 Å². The molecule has 0 aromatic carbocycles. The number of hydrogen-bond donors (Lipinski definition) is 1. The van der Waals surface area contributed by atoms with Gasteiger partial charge < -0.3 is 9.84 Å². The molecule has 0 aliphatic rings. The van der Waals surface area contributed by atoms with Crippen LogP contribution in [0.4, 0.5) is 0 Å². The highest BCUT2D eigenvalue weighted by Crippen LogP contribution is 2.15. The fourth-order valence-corrected chi connectivity index (χ4v) is 2.97. The molecule has 0 fully saturated rings. The Hall–Kier alpha value is -1.06. The average Bonchev–Trinajstić information content (AvgIpc) is 2.46. The van der Waals surface area contributed by atoms with Gasteiger partial charge >= 0.3 is 11.9 Å². The molecule has 0 aliphatic heterocycles. The van der Waals surface area contributed by atoms with Gasteiger partial charge in [0.05, 0.1) is 6.42 Å². The number of rotatable bonds is 16. The van der Waals surface area contributed by atoms with Crippen molar-refractivity contribution in [3.8, 4) is 0 Å². The fraction of sp³-hybridized carbons (Fsp3) is 0.900. The average molecular weight is 343 g/mol. The Morgan fingerprint density at radius 2 is 1.21 bits per heavy atom. The van der Waals surface area contributed by atoms with Gasteiger partial charge in [-0.2, -0.15) is 0 Å². The van der Waals surface area contributed by atoms with Crippen LogP contribution in [0.15, 0.2) is 0 Å². The van der Waals surface area contributed by atoms with Gasteiger partial charge in [-0.25, -0.2) is 0 Å². The third-order valence-corrected chi connectivity index (χ3v) is 4.29. The Balaban J connectivity index is 3.42. The lowest BCUT2D eigenvalue weighted by Crippen LogP contribution is -2.20. The summed E-state index contributed by atoms with van der Waals surface area (Å²) in [6.07, 6.45) is 14.0. The van der Waals surface area contributed by atoms with Crippen molar-refractivity contribution in [3.63, 3.8) is 0 Å². The van der Waals surface area contributed by atoms with E-state index < -0.39 is 18.0 Å². The van der Waals surface area contributed by atoms with Gasteiger partial charge in [-0.15, -0.1) is 0 Å². The summed E-state index contributed by atoms with van der Waals surface area (Å²) in [5.74, 6) is -0.467. The summed E-state index contributed by atoms with van der Waals surface area (Å²) >= 11 is 0. The highest BCUT2D eigenvalue weighted by Gasteiger charge is 2.15. The van der Waals surface area contributed by atoms with Crippen molar-refractivity contribution in [2.75, 3.05) is 0 Å². The molecular formula is C20H38O4. The summed E-state index contributed by atoms with van der Waals surface area (Å²) in [6.45, 7) is 5.91. The first-order valence-electron chi connectivity index (χ1n) is 9.80. The summed E-state index contributed by atoms with van der Waals surface area (Å²) < 4.78 is 5.05. The number of hydrogen-bond acceptors (Lipinski definition) is 3. The van der Waals surface area contributed by atoms with Crippen LogP contribution in [0.2, 0.25) is 0 Å². The van der Waals surface area contributed by atoms with Gasteiger partial charge in [-0.05, 0) is 18.8 Å². The standard InChI is InChI=1S/C20H38O4/c1-17(2)14-12-10-8-6-4-5-7-9-11-13-15-19(16-20(22)23)24-18(3)21/h17,19H,4-16H2,1-3H3,(H,22,23)/t19-/m1/s1. The van der Waals surface area contributed by atoms with Crippen LogP contribution in [0, 0.1) is 5.92 Å². The van der Waals surface area contributed by atoms with E-state index in [1.54, 1.807) is 0 Å². The SMILES string of the molecule is CC(=O)O[C@H](CCCCCCCCCCCCC(C)C)CC(=O)O. The maximum Gasteiger partial charge on any atom is 0.307 e. The van der Waals surface area contributed by atoms with E-state index in [0.29, 0.717) is 6.42 Å². The second-order valence-corrected chi connectivity index (χ2v) is 7.34. The highest BCUT2D eigenvalue weighted by atomic mass is 16.5. The Morgan fingerprint density at radius 1 is 0.792 bits per heavy atom. The molecule has 0 heterocycles. The third-order valence-electron chi connectivity index (χ3n) is 4.29. The lowest BCUT2D eigenvalue weighted by atomic mass is 10.0. The molecule has 0 rings (SSSR count). The molecule has 0 spiro atoms. The molecule has 0 aliphatic carbocycles. The van der Waals surface area contributed by atoms with Crippen LogP contribution in [-0.2, 0) is 14.3 Å². The van der Waals surface area contributed by atoms with Gasteiger partial charge in [0, 0.05) is 6.92 Å². The number of ether oxygens (including phenoxy) is 1. The zero-order valence-corrected chi connectivity index (χ0v) is 16.0. The molecule has 0 saturated heterocycles. The van der Waals surface area contributed by atoms with Gasteiger partial charge in [0.15, 0.2) is 0 Å². The Bertz CT molecular complexity index is 310. The van der Waals surface area contributed by atoms with Gasteiger partial charge in [0.1, 0.15) is 6.10 Å². The smallest absolute Gasteiger partial charge is 0.307 e. The van der Waals surface area contributed by atoms with Crippen molar-refractivity contribution in [1.29, 1.82) is 0 Å². The first kappa shape index (κ1) is 22.9. The summed E-state index contributed by atoms with van der Waals surface area (Å²) in [5.41, 5.74) is 0. The van der Waals surface area contributed by atoms with Crippen molar-refractivity contribution in [2.24, 2.45) is 5.92 Å². The van der Waals surface area contributed by atoms with E-state index in [9.17, 15) is 9.59 Å². The predicted molar refractivity (Wildman–Crippen MR) is 98.0 cm³/mol. The number of carbonyl (C=O) groups excluding carboxylic acids is 1. The molecule has 0 unspecified atom stereocenters. The molecular weight excluding hydrogens is 304 g/mol. The van der Waals surface area contributed by atoms with Crippen molar-refractivity contribution in [2.45, 2.75) is 110 Å². The minimum atomic E-state index is -0.908. The molecule has 142 valence electrons. The van der Waals surface area contributed by atoms with Crippen molar-refractivity contribution >= 4 is 11.9 Å². The lowest BCUT2D eigenvalue weighted by Gasteiger charge is -2.14. The second-order valence-electron chi connectivity index (χ2n) is 7.34. The molecule has 1 atom stereocenters. The molecule has 0 radical (unpaired) electrons. The molecule has 1 N–H and O–H groups in total. The quantitative estimate of drug-likeness (QED) is 0.287. The maximum atomic E-state index is 11.0. The number of carbonyl (C=O) groups is 2. The molecule has 0 aromatic heterocycles. The van der Waals surface area contributed by atoms with E-state index in [0.717, 1.165) is 18.8 Å². The van der Waals surface area contributed by atoms with E-state index in [4.69, 9.17) is 9.84 Å². The maximum absolute atomic E-state index is 11.0. The number of esters is 1. The minimum absolute atomic E-state index is 0.0869. The van der Waals surface area contributed by atoms with Gasteiger partial charge in [0.2, 0.25) is 0 Å². The zero-order valence-electron chi connectivity index (χ0n) is 16.0. The van der Waals surface area contributed by atoms with Gasteiger partial charge in [-0.1, -0.05) is 78.1 Å². The first-order chi connectivity index (χ1) is 11.4. The normalized spacial score (nSPS) is 12.3. The number of aliphatic carboxylic acids is 1. The molecule has 0 bridgehead atoms. The van der Waals surface area contributed by atoms with E-state index in [2.05, 4.69) is 13.8 Å². The number of carboxylic acids is 1. The summed E-state index contributed by atoms with van der Waals surface area (Å²) in [5, 5.41) is 8.81. The van der Waals surface area contributed by atoms with E-state index in [1.165, 1.54) is 64.7 Å². The molecule has 4 nitrogen and oxygen atoms in total. The lowest BCUT2D eigenvalue weighted by molar-refractivity contribution is -0.151. The van der Waals surface area contributed by atoms with Crippen LogP contribution >= 0.6 is 0 Å². The van der Waals surface area contributed by atoms with Crippen LogP contribution in [0.25, 0.3) is 0 Å². The Kier molecular flexibility index (Phi) is 14.8. The number of carboxylic acid groups (broad SMARTS) is 1. The first-order valence-corrected chi connectivity index (χ1v) is 9.80. The summed E-state index contributed by atoms with van der Waals surface area (Å²) in [7, 11) is 0. The largest absolute Gasteiger partial charge is 0.481 e. The summed E-state index contributed by atoms with van der Waals surface area (Å²) in [6, 6.07) is 0. The predicted octanol–water partition coefficient (Wildman–Crippen LogP) is 5.73. The zero-order chi connectivity index (χ0) is 18.2. The van der Waals surface area contributed by atoms with Gasteiger partial charge in [0.25, 0.3) is 0 Å². The van der Waals surface area contributed by atoms with E-state index >= 15 is 0 Å². The second kappa shape index (κ2) is 15.5. The highest BCUT2D eigenvalue weighted by molar-refractivity contribution is 5.69. The van der Waals surface area contributed by atoms with Crippen molar-refractivity contribution < 1.29 is 19.4 Å². The van der Waals surface area contributed by atoms with Gasteiger partial charge in [-0.3, -0.25) is 9.59 Å². The Morgan fingerprint density at radius 3 is 1.58 bits per heavy atom. The summed E-state index contributed by atoms with van der Waals surface area (Å²) in [4.78, 5) is 21.7. The molecule has 0 amide bonds. The molecule has 24 heavy (non-hydrogen) atoms. The van der Waals surface area contributed by atoms with E-state index in [1.807, 2.05) is 0 Å². The third kappa shape index (κ3) is 17.3. The van der Waals surface area contributed by atoms with Crippen LogP contribution in [-0.4, -0.2) is 23.1 Å².